The van der Waals surface area contributed by atoms with Crippen LogP contribution in [0.4, 0.5) is 5.69 Å². The van der Waals surface area contributed by atoms with Crippen LogP contribution in [-0.2, 0) is 13.0 Å². The van der Waals surface area contributed by atoms with Gasteiger partial charge in [-0.05, 0) is 35.9 Å². The first-order chi connectivity index (χ1) is 15.3. The van der Waals surface area contributed by atoms with E-state index in [1.54, 1.807) is 19.6 Å². The summed E-state index contributed by atoms with van der Waals surface area (Å²) in [5, 5.41) is 6.71. The van der Waals surface area contributed by atoms with Crippen LogP contribution < -0.4 is 24.8 Å². The molecule has 0 unspecified atom stereocenters. The molecule has 8 heteroatoms. The lowest BCUT2D eigenvalue weighted by molar-refractivity contribution is 0.297. The summed E-state index contributed by atoms with van der Waals surface area (Å²) in [6, 6.07) is 13.4. The molecule has 2 aromatic heterocycles. The Labute approximate surface area is 181 Å². The van der Waals surface area contributed by atoms with Crippen LogP contribution in [0.25, 0.3) is 0 Å². The first kappa shape index (κ1) is 20.6. The molecule has 162 valence electrons. The molecule has 0 spiro atoms. The number of pyridine rings is 1. The van der Waals surface area contributed by atoms with E-state index in [2.05, 4.69) is 15.6 Å². The van der Waals surface area contributed by atoms with Crippen molar-refractivity contribution in [1.29, 1.82) is 0 Å². The monoisotopic (exact) mass is 422 g/mol. The predicted molar refractivity (Wildman–Crippen MR) is 118 cm³/mol. The molecule has 1 aliphatic heterocycles. The van der Waals surface area contributed by atoms with Crippen molar-refractivity contribution in [2.24, 2.45) is 4.99 Å². The van der Waals surface area contributed by atoms with Crippen LogP contribution in [0.15, 0.2) is 64.3 Å². The predicted octanol–water partition coefficient (Wildman–Crippen LogP) is 3.64. The van der Waals surface area contributed by atoms with Gasteiger partial charge in [0.2, 0.25) is 5.88 Å². The highest BCUT2D eigenvalue weighted by atomic mass is 16.5. The number of furan rings is 1. The number of nitrogens with one attached hydrogen (secondary N) is 2. The molecule has 31 heavy (non-hydrogen) atoms. The van der Waals surface area contributed by atoms with Crippen molar-refractivity contribution in [3.63, 3.8) is 0 Å². The van der Waals surface area contributed by atoms with Gasteiger partial charge in [0, 0.05) is 43.4 Å². The molecule has 1 aliphatic rings. The van der Waals surface area contributed by atoms with Crippen LogP contribution in [0.2, 0.25) is 0 Å². The van der Waals surface area contributed by atoms with Crippen molar-refractivity contribution in [1.82, 2.24) is 10.3 Å². The van der Waals surface area contributed by atoms with Crippen molar-refractivity contribution in [3.8, 4) is 17.4 Å². The van der Waals surface area contributed by atoms with E-state index < -0.39 is 0 Å². The van der Waals surface area contributed by atoms with E-state index in [0.29, 0.717) is 38.1 Å². The maximum Gasteiger partial charge on any atom is 0.213 e. The number of fused-ring (bicyclic) bond motifs is 1. The Bertz CT molecular complexity index is 1000. The number of hydrogen-bond acceptors (Lipinski definition) is 6. The Balaban J connectivity index is 1.47. The fraction of sp³-hybridized carbons (Fsp3) is 0.304. The average Bonchev–Trinajstić information content (AvgIpc) is 3.21. The highest BCUT2D eigenvalue weighted by Crippen LogP contribution is 2.32. The minimum atomic E-state index is 0.472. The normalized spacial score (nSPS) is 13.4. The quantitative estimate of drug-likeness (QED) is 0.444. The van der Waals surface area contributed by atoms with Crippen molar-refractivity contribution < 1.29 is 18.6 Å². The zero-order chi connectivity index (χ0) is 21.3. The summed E-state index contributed by atoms with van der Waals surface area (Å²) in [5.74, 6) is 3.63. The molecule has 8 nitrogen and oxygen atoms in total. The minimum Gasteiger partial charge on any atom is -0.490 e. The Morgan fingerprint density at radius 2 is 2.03 bits per heavy atom. The third kappa shape index (κ3) is 5.91. The molecule has 0 amide bonds. The van der Waals surface area contributed by atoms with Crippen molar-refractivity contribution >= 4 is 11.6 Å². The van der Waals surface area contributed by atoms with E-state index >= 15 is 0 Å². The summed E-state index contributed by atoms with van der Waals surface area (Å²) in [7, 11) is 1.60. The zero-order valence-electron chi connectivity index (χ0n) is 17.5. The van der Waals surface area contributed by atoms with Gasteiger partial charge < -0.3 is 29.3 Å². The molecule has 0 saturated heterocycles. The molecule has 0 bridgehead atoms. The number of aliphatic imine (C=N–C) groups is 1. The Morgan fingerprint density at radius 1 is 1.13 bits per heavy atom. The molecular formula is C23H26N4O4. The molecule has 4 rings (SSSR count). The molecule has 0 saturated carbocycles. The third-order valence-electron chi connectivity index (χ3n) is 4.68. The standard InChI is InChI=1S/C23H26N4O4/c1-28-22-14-17(7-9-24-22)16-26-23(25-10-8-19-4-2-11-29-19)27-18-5-6-20-21(15-18)31-13-3-12-30-20/h2,4-7,9,11,14-15H,3,8,10,12-13,16H2,1H3,(H2,25,26,27). The lowest BCUT2D eigenvalue weighted by Gasteiger charge is -2.14. The van der Waals surface area contributed by atoms with Crippen LogP contribution in [0.1, 0.15) is 17.7 Å². The van der Waals surface area contributed by atoms with Gasteiger partial charge in [-0.1, -0.05) is 0 Å². The Hall–Kier alpha value is -3.68. The van der Waals surface area contributed by atoms with E-state index in [4.69, 9.17) is 23.6 Å². The number of rotatable bonds is 7. The van der Waals surface area contributed by atoms with E-state index in [1.807, 2.05) is 42.5 Å². The first-order valence-electron chi connectivity index (χ1n) is 10.3. The summed E-state index contributed by atoms with van der Waals surface area (Å²) in [6.07, 6.45) is 5.01. The van der Waals surface area contributed by atoms with Gasteiger partial charge in [-0.2, -0.15) is 0 Å². The second kappa shape index (κ2) is 10.4. The van der Waals surface area contributed by atoms with E-state index in [0.717, 1.165) is 41.4 Å². The van der Waals surface area contributed by atoms with Crippen molar-refractivity contribution in [3.05, 3.63) is 66.2 Å². The third-order valence-corrected chi connectivity index (χ3v) is 4.68. The summed E-state index contributed by atoms with van der Waals surface area (Å²) in [6.45, 7) is 2.45. The molecular weight excluding hydrogens is 396 g/mol. The van der Waals surface area contributed by atoms with E-state index in [1.165, 1.54) is 0 Å². The van der Waals surface area contributed by atoms with Crippen LogP contribution in [0, 0.1) is 0 Å². The number of benzene rings is 1. The van der Waals surface area contributed by atoms with Gasteiger partial charge in [-0.15, -0.1) is 0 Å². The largest absolute Gasteiger partial charge is 0.490 e. The SMILES string of the molecule is COc1cc(CN=C(NCCc2ccco2)Nc2ccc3c(c2)OCCCO3)ccn1. The number of anilines is 1. The number of ether oxygens (including phenoxy) is 3. The molecule has 0 radical (unpaired) electrons. The Morgan fingerprint density at radius 3 is 2.87 bits per heavy atom. The smallest absolute Gasteiger partial charge is 0.213 e. The number of nitrogens with zero attached hydrogens (tertiary/aromatic N) is 2. The van der Waals surface area contributed by atoms with Crippen molar-refractivity contribution in [2.45, 2.75) is 19.4 Å². The van der Waals surface area contributed by atoms with Gasteiger partial charge in [0.1, 0.15) is 5.76 Å². The van der Waals surface area contributed by atoms with E-state index in [9.17, 15) is 0 Å². The van der Waals surface area contributed by atoms with Crippen LogP contribution in [0.5, 0.6) is 17.4 Å². The maximum absolute atomic E-state index is 5.80. The van der Waals surface area contributed by atoms with Gasteiger partial charge >= 0.3 is 0 Å². The summed E-state index contributed by atoms with van der Waals surface area (Å²) in [4.78, 5) is 8.86. The number of guanidine groups is 1. The van der Waals surface area contributed by atoms with Crippen molar-refractivity contribution in [2.75, 3.05) is 32.2 Å². The first-order valence-corrected chi connectivity index (χ1v) is 10.3. The van der Waals surface area contributed by atoms with Crippen LogP contribution in [-0.4, -0.2) is 37.8 Å². The van der Waals surface area contributed by atoms with Gasteiger partial charge in [-0.25, -0.2) is 9.98 Å². The van der Waals surface area contributed by atoms with Gasteiger partial charge in [-0.3, -0.25) is 0 Å². The summed E-state index contributed by atoms with van der Waals surface area (Å²) >= 11 is 0. The van der Waals surface area contributed by atoms with Crippen LogP contribution >= 0.6 is 0 Å². The van der Waals surface area contributed by atoms with Gasteiger partial charge in [0.05, 0.1) is 33.1 Å². The average molecular weight is 422 g/mol. The molecule has 0 atom stereocenters. The van der Waals surface area contributed by atoms with Gasteiger partial charge in [0.25, 0.3) is 0 Å². The molecule has 2 N–H and O–H groups in total. The number of aromatic nitrogens is 1. The fourth-order valence-corrected chi connectivity index (χ4v) is 3.11. The highest BCUT2D eigenvalue weighted by molar-refractivity contribution is 5.94. The number of hydrogen-bond donors (Lipinski definition) is 2. The molecule has 1 aromatic carbocycles. The maximum atomic E-state index is 5.80. The van der Waals surface area contributed by atoms with E-state index in [-0.39, 0.29) is 0 Å². The van der Waals surface area contributed by atoms with Gasteiger partial charge in [0.15, 0.2) is 17.5 Å². The molecule has 0 fully saturated rings. The second-order valence-electron chi connectivity index (χ2n) is 6.96. The second-order valence-corrected chi connectivity index (χ2v) is 6.96. The zero-order valence-corrected chi connectivity index (χ0v) is 17.5. The number of methoxy groups -OCH3 is 1. The molecule has 3 heterocycles. The topological polar surface area (TPSA) is 90.1 Å². The van der Waals surface area contributed by atoms with Crippen LogP contribution in [0.3, 0.4) is 0 Å². The summed E-state index contributed by atoms with van der Waals surface area (Å²) < 4.78 is 22.1. The highest BCUT2D eigenvalue weighted by Gasteiger charge is 2.11. The molecule has 0 aliphatic carbocycles. The fourth-order valence-electron chi connectivity index (χ4n) is 3.11. The summed E-state index contributed by atoms with van der Waals surface area (Å²) in [5.41, 5.74) is 1.86. The molecule has 3 aromatic rings. The minimum absolute atomic E-state index is 0.472. The lowest BCUT2D eigenvalue weighted by atomic mass is 10.2. The Kier molecular flexibility index (Phi) is 6.89. The lowest BCUT2D eigenvalue weighted by Crippen LogP contribution is -2.32.